The maximum atomic E-state index is 13.3. The molecule has 1 aliphatic rings. The van der Waals surface area contributed by atoms with Gasteiger partial charge >= 0.3 is 23.9 Å². The predicted molar refractivity (Wildman–Crippen MR) is 142 cm³/mol. The Kier molecular flexibility index (Phi) is 10.1. The summed E-state index contributed by atoms with van der Waals surface area (Å²) in [6.45, 7) is 5.90. The molecule has 3 rings (SSSR count). The number of H-pyrrole nitrogens is 1. The quantitative estimate of drug-likeness (QED) is 0.276. The van der Waals surface area contributed by atoms with Crippen molar-refractivity contribution in [2.45, 2.75) is 64.5 Å². The molecule has 0 radical (unpaired) electrons. The second-order valence-electron chi connectivity index (χ2n) is 8.56. The van der Waals surface area contributed by atoms with Crippen LogP contribution in [0.3, 0.4) is 0 Å². The first-order valence-electron chi connectivity index (χ1n) is 11.8. The van der Waals surface area contributed by atoms with Crippen LogP contribution in [0.25, 0.3) is 5.69 Å². The molecule has 1 aromatic heterocycles. The number of aromatic nitrogens is 2. The summed E-state index contributed by atoms with van der Waals surface area (Å²) in [4.78, 5) is 60.7. The Bertz CT molecular complexity index is 1310. The number of aromatic amines is 1. The van der Waals surface area contributed by atoms with Crippen molar-refractivity contribution in [3.8, 4) is 5.69 Å². The number of ether oxygens (including phenoxy) is 5. The van der Waals surface area contributed by atoms with Crippen molar-refractivity contribution in [3.05, 3.63) is 51.9 Å². The summed E-state index contributed by atoms with van der Waals surface area (Å²) in [7, 11) is 0. The molecule has 2 aromatic rings. The molecule has 1 aliphatic heterocycles. The summed E-state index contributed by atoms with van der Waals surface area (Å²) in [5.41, 5.74) is -0.297. The summed E-state index contributed by atoms with van der Waals surface area (Å²) < 4.78 is 28.9. The smallest absolute Gasteiger partial charge is 0.303 e. The number of carbonyl (C=O) groups is 4. The van der Waals surface area contributed by atoms with Gasteiger partial charge in [0.25, 0.3) is 5.56 Å². The summed E-state index contributed by atoms with van der Waals surface area (Å²) in [6, 6.07) is 8.87. The third kappa shape index (κ3) is 7.55. The number of carbonyl (C=O) groups excluding carboxylic acids is 4. The van der Waals surface area contributed by atoms with Crippen LogP contribution in [-0.4, -0.2) is 74.3 Å². The highest BCUT2D eigenvalue weighted by molar-refractivity contribution is 8.24. The normalized spacial score (nSPS) is 22.4. The van der Waals surface area contributed by atoms with Crippen molar-refractivity contribution >= 4 is 52.1 Å². The fourth-order valence-corrected chi connectivity index (χ4v) is 5.63. The van der Waals surface area contributed by atoms with E-state index in [2.05, 4.69) is 5.10 Å². The minimum absolute atomic E-state index is 0.101. The maximum Gasteiger partial charge on any atom is 0.303 e. The lowest BCUT2D eigenvalue weighted by Crippen LogP contribution is -2.61. The second kappa shape index (κ2) is 13.0. The second-order valence-corrected chi connectivity index (χ2v) is 10.3. The molecule has 5 atom stereocenters. The number of thiocarbonyl (C=S) groups is 1. The zero-order valence-corrected chi connectivity index (χ0v) is 23.5. The van der Waals surface area contributed by atoms with Crippen LogP contribution in [-0.2, 0) is 42.9 Å². The standard InChI is InChI=1S/C25H28N2O10S2/c1-12-19(23(32)27(26-12)17-9-7-6-8-10-17)25(38)39-24-22(36-16(5)31)21(35-15(4)30)20(34-14(3)29)18(37-24)11-33-13(2)28/h6-10,18,20-22,24,26H,11H2,1-5H3/t18-,20+,21+,22-,24+/m1/s1. The average Bonchev–Trinajstić information content (AvgIpc) is 3.15. The molecule has 1 fully saturated rings. The number of para-hydroxylation sites is 1. The molecule has 2 heterocycles. The average molecular weight is 581 g/mol. The Labute approximate surface area is 233 Å². The molecule has 1 N–H and O–H groups in total. The summed E-state index contributed by atoms with van der Waals surface area (Å²) in [6.07, 6.45) is -5.05. The van der Waals surface area contributed by atoms with Gasteiger partial charge in [-0.15, -0.1) is 0 Å². The van der Waals surface area contributed by atoms with Crippen molar-refractivity contribution in [1.29, 1.82) is 0 Å². The fraction of sp³-hybridized carbons (Fsp3) is 0.440. The van der Waals surface area contributed by atoms with E-state index in [9.17, 15) is 24.0 Å². The van der Waals surface area contributed by atoms with Gasteiger partial charge in [0, 0.05) is 33.4 Å². The van der Waals surface area contributed by atoms with Gasteiger partial charge in [0.1, 0.15) is 18.1 Å². The first-order chi connectivity index (χ1) is 18.4. The van der Waals surface area contributed by atoms with E-state index in [4.69, 9.17) is 35.9 Å². The molecular formula is C25H28N2O10S2. The van der Waals surface area contributed by atoms with Crippen LogP contribution in [0.5, 0.6) is 0 Å². The van der Waals surface area contributed by atoms with E-state index in [0.29, 0.717) is 11.4 Å². The molecule has 14 heteroatoms. The van der Waals surface area contributed by atoms with E-state index in [1.807, 2.05) is 6.07 Å². The van der Waals surface area contributed by atoms with E-state index in [-0.39, 0.29) is 16.4 Å². The van der Waals surface area contributed by atoms with Crippen molar-refractivity contribution in [2.75, 3.05) is 6.61 Å². The van der Waals surface area contributed by atoms with Crippen LogP contribution in [0.1, 0.15) is 39.0 Å². The van der Waals surface area contributed by atoms with E-state index < -0.39 is 59.3 Å². The molecule has 210 valence electrons. The topological polar surface area (TPSA) is 152 Å². The SMILES string of the molecule is CC(=O)OC[C@H]1O[C@@H](SC(=S)c2c(C)[nH]n(-c3ccccc3)c2=O)[C@H](OC(C)=O)[C@@H](OC(C)=O)[C@H]1OC(C)=O. The number of nitrogens with one attached hydrogen (secondary N) is 1. The third-order valence-electron chi connectivity index (χ3n) is 5.46. The van der Waals surface area contributed by atoms with Crippen LogP contribution in [0.2, 0.25) is 0 Å². The molecule has 0 aliphatic carbocycles. The van der Waals surface area contributed by atoms with Gasteiger partial charge in [-0.05, 0) is 19.1 Å². The van der Waals surface area contributed by atoms with Crippen molar-refractivity contribution in [2.24, 2.45) is 0 Å². The number of nitrogens with zero attached hydrogens (tertiary/aromatic N) is 1. The van der Waals surface area contributed by atoms with Crippen LogP contribution in [0, 0.1) is 6.92 Å². The van der Waals surface area contributed by atoms with E-state index in [0.717, 1.165) is 32.5 Å². The van der Waals surface area contributed by atoms with Crippen LogP contribution < -0.4 is 5.56 Å². The number of esters is 4. The number of benzene rings is 1. The van der Waals surface area contributed by atoms with E-state index >= 15 is 0 Å². The van der Waals surface area contributed by atoms with Crippen LogP contribution in [0.15, 0.2) is 35.1 Å². The van der Waals surface area contributed by atoms with Crippen molar-refractivity contribution < 1.29 is 42.9 Å². The summed E-state index contributed by atoms with van der Waals surface area (Å²) >= 11 is 6.48. The molecule has 0 saturated carbocycles. The van der Waals surface area contributed by atoms with Gasteiger partial charge in [-0.2, -0.15) is 0 Å². The van der Waals surface area contributed by atoms with Crippen molar-refractivity contribution in [1.82, 2.24) is 9.78 Å². The van der Waals surface area contributed by atoms with Gasteiger partial charge in [-0.3, -0.25) is 29.1 Å². The lowest BCUT2D eigenvalue weighted by Gasteiger charge is -2.44. The first-order valence-corrected chi connectivity index (χ1v) is 13.1. The van der Waals surface area contributed by atoms with E-state index in [1.165, 1.54) is 11.6 Å². The molecule has 1 saturated heterocycles. The van der Waals surface area contributed by atoms with Gasteiger partial charge < -0.3 is 23.7 Å². The van der Waals surface area contributed by atoms with Gasteiger partial charge in [-0.25, -0.2) is 4.68 Å². The predicted octanol–water partition coefficient (Wildman–Crippen LogP) is 1.97. The Morgan fingerprint density at radius 2 is 1.49 bits per heavy atom. The molecule has 0 spiro atoms. The highest BCUT2D eigenvalue weighted by Crippen LogP contribution is 2.36. The molecule has 0 bridgehead atoms. The van der Waals surface area contributed by atoms with E-state index in [1.54, 1.807) is 31.2 Å². The number of thioether (sulfide) groups is 1. The van der Waals surface area contributed by atoms with Crippen molar-refractivity contribution in [3.63, 3.8) is 0 Å². The van der Waals surface area contributed by atoms with Crippen LogP contribution in [0.4, 0.5) is 0 Å². The monoisotopic (exact) mass is 580 g/mol. The first kappa shape index (κ1) is 30.1. The number of hydrogen-bond donors (Lipinski definition) is 1. The van der Waals surface area contributed by atoms with Gasteiger partial charge in [0.05, 0.1) is 15.4 Å². The Hall–Kier alpha value is -3.49. The number of aryl methyl sites for hydroxylation is 1. The zero-order valence-electron chi connectivity index (χ0n) is 21.8. The molecule has 12 nitrogen and oxygen atoms in total. The summed E-state index contributed by atoms with van der Waals surface area (Å²) in [5.74, 6) is -2.85. The fourth-order valence-electron chi connectivity index (χ4n) is 3.99. The lowest BCUT2D eigenvalue weighted by molar-refractivity contribution is -0.237. The van der Waals surface area contributed by atoms with Gasteiger partial charge in [0.15, 0.2) is 18.3 Å². The van der Waals surface area contributed by atoms with Gasteiger partial charge in [0.2, 0.25) is 0 Å². The summed E-state index contributed by atoms with van der Waals surface area (Å²) in [5, 5.41) is 2.99. The van der Waals surface area contributed by atoms with Crippen LogP contribution >= 0.6 is 24.0 Å². The number of hydrogen-bond acceptors (Lipinski definition) is 12. The molecular weight excluding hydrogens is 552 g/mol. The molecule has 1 aromatic carbocycles. The largest absolute Gasteiger partial charge is 0.463 e. The minimum Gasteiger partial charge on any atom is -0.463 e. The molecule has 0 unspecified atom stereocenters. The maximum absolute atomic E-state index is 13.3. The molecule has 0 amide bonds. The van der Waals surface area contributed by atoms with Gasteiger partial charge in [-0.1, -0.05) is 42.2 Å². The minimum atomic E-state index is -1.33. The zero-order chi connectivity index (χ0) is 28.9. The Morgan fingerprint density at radius 1 is 0.923 bits per heavy atom. The number of rotatable bonds is 8. The highest BCUT2D eigenvalue weighted by atomic mass is 32.2. The Morgan fingerprint density at radius 3 is 2.05 bits per heavy atom. The lowest BCUT2D eigenvalue weighted by atomic mass is 9.99. The molecule has 39 heavy (non-hydrogen) atoms. The Balaban J connectivity index is 2.00. The third-order valence-corrected chi connectivity index (χ3v) is 6.98. The highest BCUT2D eigenvalue weighted by Gasteiger charge is 2.52.